The predicted molar refractivity (Wildman–Crippen MR) is 27.0 cm³/mol. The summed E-state index contributed by atoms with van der Waals surface area (Å²) in [5.41, 5.74) is 0. The van der Waals surface area contributed by atoms with Crippen LogP contribution in [0.5, 0.6) is 0 Å². The standard InChI is InChI=1S/C2H2Br2F/c1-2(3,4)5/h1H2. The summed E-state index contributed by atoms with van der Waals surface area (Å²) in [5.74, 6) is 0. The van der Waals surface area contributed by atoms with Gasteiger partial charge in [-0.25, -0.2) is 4.39 Å². The lowest BCUT2D eigenvalue weighted by Gasteiger charge is -1.93. The monoisotopic (exact) mass is 203 g/mol. The first-order valence-electron chi connectivity index (χ1n) is 0.921. The number of hydrogen-bond donors (Lipinski definition) is 0. The molecule has 0 fully saturated rings. The van der Waals surface area contributed by atoms with Crippen molar-refractivity contribution in [2.45, 2.75) is 3.49 Å². The lowest BCUT2D eigenvalue weighted by Crippen LogP contribution is -1.88. The third-order valence-electron chi connectivity index (χ3n) is 0. The molecule has 0 aromatic rings. The normalized spacial score (nSPS) is 12.0. The molecule has 0 nitrogen and oxygen atoms in total. The highest BCUT2D eigenvalue weighted by molar-refractivity contribution is 9.25. The lowest BCUT2D eigenvalue weighted by atomic mass is 10.9. The van der Waals surface area contributed by atoms with Gasteiger partial charge in [0.05, 0.1) is 0 Å². The fourth-order valence-electron chi connectivity index (χ4n) is 0. The molecule has 0 rings (SSSR count). The van der Waals surface area contributed by atoms with Crippen LogP contribution in [0.1, 0.15) is 0 Å². The highest BCUT2D eigenvalue weighted by Gasteiger charge is 2.08. The molecule has 0 saturated heterocycles. The Kier molecular flexibility index (Phi) is 1.84. The van der Waals surface area contributed by atoms with Crippen LogP contribution in [0.15, 0.2) is 0 Å². The summed E-state index contributed by atoms with van der Waals surface area (Å²) in [5, 5.41) is 0. The molecule has 1 radical (unpaired) electrons. The highest BCUT2D eigenvalue weighted by atomic mass is 79.9. The van der Waals surface area contributed by atoms with E-state index in [1.807, 2.05) is 0 Å². The van der Waals surface area contributed by atoms with E-state index in [1.54, 1.807) is 0 Å². The van der Waals surface area contributed by atoms with Crippen LogP contribution in [0.2, 0.25) is 0 Å². The third kappa shape index (κ3) is 51.6. The summed E-state index contributed by atoms with van der Waals surface area (Å²) in [6.45, 7) is 2.94. The molecule has 0 aromatic carbocycles. The summed E-state index contributed by atoms with van der Waals surface area (Å²) in [7, 11) is 0. The van der Waals surface area contributed by atoms with E-state index in [9.17, 15) is 4.39 Å². The van der Waals surface area contributed by atoms with Crippen molar-refractivity contribution in [2.75, 3.05) is 0 Å². The number of rotatable bonds is 0. The Labute approximate surface area is 47.0 Å². The zero-order valence-electron chi connectivity index (χ0n) is 2.34. The van der Waals surface area contributed by atoms with E-state index < -0.39 is 3.49 Å². The average molecular weight is 205 g/mol. The van der Waals surface area contributed by atoms with Crippen LogP contribution in [0.25, 0.3) is 0 Å². The Morgan fingerprint density at radius 2 is 1.60 bits per heavy atom. The smallest absolute Gasteiger partial charge is 0.219 e. The second-order valence-corrected chi connectivity index (χ2v) is 4.19. The van der Waals surface area contributed by atoms with Gasteiger partial charge in [-0.2, -0.15) is 0 Å². The molecule has 0 heterocycles. The third-order valence-corrected chi connectivity index (χ3v) is 0. The predicted octanol–water partition coefficient (Wildman–Crippen LogP) is 2.23. The summed E-state index contributed by atoms with van der Waals surface area (Å²) in [6, 6.07) is 0. The molecule has 0 bridgehead atoms. The van der Waals surface area contributed by atoms with Crippen LogP contribution in [-0.2, 0) is 0 Å². The minimum absolute atomic E-state index is 1.62. The van der Waals surface area contributed by atoms with Gasteiger partial charge in [0.25, 0.3) is 0 Å². The Balaban J connectivity index is 3.02. The van der Waals surface area contributed by atoms with Crippen molar-refractivity contribution in [1.29, 1.82) is 0 Å². The van der Waals surface area contributed by atoms with Gasteiger partial charge in [0.15, 0.2) is 0 Å². The van der Waals surface area contributed by atoms with Gasteiger partial charge in [0.2, 0.25) is 3.49 Å². The van der Waals surface area contributed by atoms with Gasteiger partial charge in [-0.05, 0) is 31.9 Å². The van der Waals surface area contributed by atoms with Crippen LogP contribution in [0.3, 0.4) is 0 Å². The molecule has 0 N–H and O–H groups in total. The summed E-state index contributed by atoms with van der Waals surface area (Å²) < 4.78 is 9.78. The Bertz CT molecular complexity index is 23.1. The minimum atomic E-state index is -1.62. The van der Waals surface area contributed by atoms with E-state index in [1.165, 1.54) is 0 Å². The van der Waals surface area contributed by atoms with Crippen LogP contribution < -0.4 is 0 Å². The van der Waals surface area contributed by atoms with Crippen molar-refractivity contribution in [3.63, 3.8) is 0 Å². The topological polar surface area (TPSA) is 0 Å². The van der Waals surface area contributed by atoms with Crippen LogP contribution in [-0.4, -0.2) is 3.49 Å². The van der Waals surface area contributed by atoms with E-state index in [-0.39, 0.29) is 0 Å². The molecule has 31 valence electrons. The first kappa shape index (κ1) is 5.89. The maximum Gasteiger partial charge on any atom is 0.219 e. The molecule has 0 aromatic heterocycles. The molecule has 3 heteroatoms. The average Bonchev–Trinajstić information content (AvgIpc) is 0.722. The number of halogens is 3. The zero-order chi connectivity index (χ0) is 4.50. The van der Waals surface area contributed by atoms with E-state index in [0.29, 0.717) is 0 Å². The van der Waals surface area contributed by atoms with Gasteiger partial charge in [-0.3, -0.25) is 0 Å². The van der Waals surface area contributed by atoms with Gasteiger partial charge >= 0.3 is 0 Å². The first-order valence-corrected chi connectivity index (χ1v) is 2.51. The molecule has 0 saturated carbocycles. The zero-order valence-corrected chi connectivity index (χ0v) is 5.51. The second-order valence-electron chi connectivity index (χ2n) is 0.615. The van der Waals surface area contributed by atoms with Gasteiger partial charge < -0.3 is 0 Å². The summed E-state index contributed by atoms with van der Waals surface area (Å²) >= 11 is 5.03. The van der Waals surface area contributed by atoms with E-state index in [0.717, 1.165) is 0 Å². The molecule has 0 spiro atoms. The Morgan fingerprint density at radius 1 is 1.60 bits per heavy atom. The SMILES string of the molecule is [CH2]C(F)(Br)Br. The largest absolute Gasteiger partial charge is 0.219 e. The Morgan fingerprint density at radius 3 is 1.60 bits per heavy atom. The highest BCUT2D eigenvalue weighted by Crippen LogP contribution is 2.24. The molecule has 5 heavy (non-hydrogen) atoms. The van der Waals surface area contributed by atoms with Crippen LogP contribution >= 0.6 is 31.9 Å². The van der Waals surface area contributed by atoms with Crippen molar-refractivity contribution >= 4 is 31.9 Å². The quantitative estimate of drug-likeness (QED) is 0.531. The maximum absolute atomic E-state index is 11.4. The molecule has 0 aliphatic rings. The van der Waals surface area contributed by atoms with Gasteiger partial charge in [0.1, 0.15) is 0 Å². The second kappa shape index (κ2) is 1.56. The van der Waals surface area contributed by atoms with Gasteiger partial charge in [-0.1, -0.05) is 0 Å². The van der Waals surface area contributed by atoms with Crippen molar-refractivity contribution in [3.8, 4) is 0 Å². The number of hydrogen-bond acceptors (Lipinski definition) is 0. The minimum Gasteiger partial charge on any atom is -0.219 e. The van der Waals surface area contributed by atoms with Crippen molar-refractivity contribution in [3.05, 3.63) is 6.92 Å². The molecule has 0 aliphatic heterocycles. The van der Waals surface area contributed by atoms with Crippen molar-refractivity contribution in [1.82, 2.24) is 0 Å². The van der Waals surface area contributed by atoms with E-state index in [4.69, 9.17) is 0 Å². The number of alkyl halides is 3. The van der Waals surface area contributed by atoms with E-state index in [2.05, 4.69) is 38.8 Å². The Hall–Kier alpha value is 0.890. The van der Waals surface area contributed by atoms with Crippen molar-refractivity contribution < 1.29 is 4.39 Å². The van der Waals surface area contributed by atoms with Gasteiger partial charge in [0, 0.05) is 6.92 Å². The molecule has 0 unspecified atom stereocenters. The molecule has 0 amide bonds. The molecular weight excluding hydrogens is 203 g/mol. The maximum atomic E-state index is 11.4. The van der Waals surface area contributed by atoms with E-state index >= 15 is 0 Å². The fourth-order valence-corrected chi connectivity index (χ4v) is 0. The van der Waals surface area contributed by atoms with Gasteiger partial charge in [-0.15, -0.1) is 0 Å². The summed E-state index contributed by atoms with van der Waals surface area (Å²) in [4.78, 5) is 0. The van der Waals surface area contributed by atoms with Crippen molar-refractivity contribution in [2.24, 2.45) is 0 Å². The molecular formula is C2H2Br2F. The molecule has 0 atom stereocenters. The fraction of sp³-hybridized carbons (Fsp3) is 0.500. The van der Waals surface area contributed by atoms with Crippen LogP contribution in [0, 0.1) is 6.92 Å². The summed E-state index contributed by atoms with van der Waals surface area (Å²) in [6.07, 6.45) is 0. The first-order chi connectivity index (χ1) is 2.00. The van der Waals surface area contributed by atoms with Crippen LogP contribution in [0.4, 0.5) is 4.39 Å². The molecule has 0 aliphatic carbocycles. The lowest BCUT2D eigenvalue weighted by molar-refractivity contribution is 0.497.